The molecule has 2 heterocycles. The summed E-state index contributed by atoms with van der Waals surface area (Å²) in [6.07, 6.45) is 2.01. The molecule has 7 nitrogen and oxygen atoms in total. The van der Waals surface area contributed by atoms with Crippen LogP contribution in [0.4, 0.5) is 10.6 Å². The monoisotopic (exact) mass is 322 g/mol. The SMILES string of the molecule is Cc1cc(NC(=O)C2CCCCN2C(=O)OC(C)(C)C)n(C)n1. The number of ether oxygens (including phenoxy) is 1. The predicted octanol–water partition coefficient (Wildman–Crippen LogP) is 2.46. The van der Waals surface area contributed by atoms with Gasteiger partial charge >= 0.3 is 6.09 Å². The lowest BCUT2D eigenvalue weighted by Gasteiger charge is -2.35. The fraction of sp³-hybridized carbons (Fsp3) is 0.688. The zero-order chi connectivity index (χ0) is 17.2. The first kappa shape index (κ1) is 17.3. The molecule has 0 spiro atoms. The number of anilines is 1. The quantitative estimate of drug-likeness (QED) is 0.907. The van der Waals surface area contributed by atoms with Crippen LogP contribution in [0.25, 0.3) is 0 Å². The molecule has 1 aliphatic heterocycles. The Bertz CT molecular complexity index is 589. The van der Waals surface area contributed by atoms with Gasteiger partial charge < -0.3 is 10.1 Å². The highest BCUT2D eigenvalue weighted by molar-refractivity contribution is 5.96. The molecular formula is C16H26N4O3. The molecule has 2 rings (SSSR count). The standard InChI is InChI=1S/C16H26N4O3/c1-11-10-13(19(5)18-11)17-14(21)12-8-6-7-9-20(12)15(22)23-16(2,3)4/h10,12H,6-9H2,1-5H3,(H,17,21). The molecular weight excluding hydrogens is 296 g/mol. The Kier molecular flexibility index (Phi) is 4.97. The van der Waals surface area contributed by atoms with Gasteiger partial charge in [0.2, 0.25) is 5.91 Å². The Labute approximate surface area is 137 Å². The summed E-state index contributed by atoms with van der Waals surface area (Å²) in [4.78, 5) is 26.5. The van der Waals surface area contributed by atoms with E-state index in [0.29, 0.717) is 18.8 Å². The third-order valence-corrected chi connectivity index (χ3v) is 3.69. The Hall–Kier alpha value is -2.05. The van der Waals surface area contributed by atoms with Gasteiger partial charge in [-0.1, -0.05) is 0 Å². The minimum Gasteiger partial charge on any atom is -0.444 e. The van der Waals surface area contributed by atoms with Crippen molar-refractivity contribution in [2.45, 2.75) is 58.6 Å². The van der Waals surface area contributed by atoms with E-state index in [-0.39, 0.29) is 5.91 Å². The van der Waals surface area contributed by atoms with E-state index >= 15 is 0 Å². The molecule has 0 radical (unpaired) electrons. The Morgan fingerprint density at radius 1 is 1.35 bits per heavy atom. The van der Waals surface area contributed by atoms with Crippen molar-refractivity contribution in [3.63, 3.8) is 0 Å². The van der Waals surface area contributed by atoms with Crippen LogP contribution in [-0.4, -0.2) is 44.9 Å². The average molecular weight is 322 g/mol. The largest absolute Gasteiger partial charge is 0.444 e. The highest BCUT2D eigenvalue weighted by Gasteiger charge is 2.35. The van der Waals surface area contributed by atoms with Crippen LogP contribution in [-0.2, 0) is 16.6 Å². The summed E-state index contributed by atoms with van der Waals surface area (Å²) in [5.41, 5.74) is 0.254. The Balaban J connectivity index is 2.09. The third-order valence-electron chi connectivity index (χ3n) is 3.69. The second-order valence-electron chi connectivity index (χ2n) is 6.97. The lowest BCUT2D eigenvalue weighted by Crippen LogP contribution is -2.51. The molecule has 1 N–H and O–H groups in total. The van der Waals surface area contributed by atoms with Crippen LogP contribution in [0.2, 0.25) is 0 Å². The number of piperidine rings is 1. The summed E-state index contributed by atoms with van der Waals surface area (Å²) in [5, 5.41) is 7.07. The number of carbonyl (C=O) groups excluding carboxylic acids is 2. The van der Waals surface area contributed by atoms with E-state index in [1.54, 1.807) is 17.8 Å². The molecule has 1 unspecified atom stereocenters. The normalized spacial score (nSPS) is 18.7. The van der Waals surface area contributed by atoms with E-state index in [0.717, 1.165) is 18.5 Å². The molecule has 1 aromatic rings. The second-order valence-corrected chi connectivity index (χ2v) is 6.97. The number of likely N-dealkylation sites (tertiary alicyclic amines) is 1. The molecule has 23 heavy (non-hydrogen) atoms. The van der Waals surface area contributed by atoms with Crippen molar-refractivity contribution in [1.82, 2.24) is 14.7 Å². The van der Waals surface area contributed by atoms with Gasteiger partial charge in [0.1, 0.15) is 17.5 Å². The van der Waals surface area contributed by atoms with Crippen molar-refractivity contribution >= 4 is 17.8 Å². The summed E-state index contributed by atoms with van der Waals surface area (Å²) >= 11 is 0. The fourth-order valence-corrected chi connectivity index (χ4v) is 2.68. The first-order valence-electron chi connectivity index (χ1n) is 7.98. The van der Waals surface area contributed by atoms with Crippen molar-refractivity contribution in [2.75, 3.05) is 11.9 Å². The van der Waals surface area contributed by atoms with Gasteiger partial charge in [0.05, 0.1) is 5.69 Å². The van der Waals surface area contributed by atoms with Crippen molar-refractivity contribution in [3.8, 4) is 0 Å². The topological polar surface area (TPSA) is 76.5 Å². The molecule has 0 aromatic carbocycles. The summed E-state index contributed by atoms with van der Waals surface area (Å²) in [6.45, 7) is 7.87. The molecule has 1 aromatic heterocycles. The molecule has 2 amide bonds. The maximum Gasteiger partial charge on any atom is 0.410 e. The molecule has 7 heteroatoms. The lowest BCUT2D eigenvalue weighted by atomic mass is 10.0. The average Bonchev–Trinajstić information content (AvgIpc) is 2.75. The fourth-order valence-electron chi connectivity index (χ4n) is 2.68. The van der Waals surface area contributed by atoms with E-state index in [4.69, 9.17) is 4.74 Å². The van der Waals surface area contributed by atoms with Gasteiger partial charge in [-0.2, -0.15) is 5.10 Å². The number of aromatic nitrogens is 2. The summed E-state index contributed by atoms with van der Waals surface area (Å²) in [5.74, 6) is 0.431. The maximum atomic E-state index is 12.6. The van der Waals surface area contributed by atoms with Gasteiger partial charge in [0.15, 0.2) is 0 Å². The van der Waals surface area contributed by atoms with Crippen LogP contribution in [0.1, 0.15) is 45.7 Å². The van der Waals surface area contributed by atoms with Crippen LogP contribution in [0.15, 0.2) is 6.07 Å². The van der Waals surface area contributed by atoms with E-state index in [9.17, 15) is 9.59 Å². The molecule has 1 fully saturated rings. The van der Waals surface area contributed by atoms with Gasteiger partial charge in [-0.05, 0) is 47.0 Å². The zero-order valence-corrected chi connectivity index (χ0v) is 14.5. The maximum absolute atomic E-state index is 12.6. The molecule has 0 saturated carbocycles. The molecule has 128 valence electrons. The third kappa shape index (κ3) is 4.46. The van der Waals surface area contributed by atoms with E-state index in [1.807, 2.05) is 27.7 Å². The minimum atomic E-state index is -0.575. The zero-order valence-electron chi connectivity index (χ0n) is 14.5. The van der Waals surface area contributed by atoms with Crippen molar-refractivity contribution < 1.29 is 14.3 Å². The number of nitrogens with zero attached hydrogens (tertiary/aromatic N) is 3. The van der Waals surface area contributed by atoms with Crippen LogP contribution in [0.5, 0.6) is 0 Å². The number of hydrogen-bond acceptors (Lipinski definition) is 4. The van der Waals surface area contributed by atoms with E-state index < -0.39 is 17.7 Å². The first-order valence-corrected chi connectivity index (χ1v) is 7.98. The van der Waals surface area contributed by atoms with Crippen LogP contribution in [0, 0.1) is 6.92 Å². The first-order chi connectivity index (χ1) is 10.7. The Morgan fingerprint density at radius 3 is 2.61 bits per heavy atom. The molecule has 1 saturated heterocycles. The van der Waals surface area contributed by atoms with Crippen LogP contribution < -0.4 is 5.32 Å². The van der Waals surface area contributed by atoms with E-state index in [1.165, 1.54) is 4.90 Å². The Morgan fingerprint density at radius 2 is 2.04 bits per heavy atom. The number of carbonyl (C=O) groups is 2. The number of amides is 2. The highest BCUT2D eigenvalue weighted by atomic mass is 16.6. The number of rotatable bonds is 2. The van der Waals surface area contributed by atoms with Gasteiger partial charge in [-0.3, -0.25) is 14.4 Å². The van der Waals surface area contributed by atoms with Gasteiger partial charge in [-0.25, -0.2) is 4.79 Å². The molecule has 1 aliphatic rings. The minimum absolute atomic E-state index is 0.196. The van der Waals surface area contributed by atoms with Crippen molar-refractivity contribution in [1.29, 1.82) is 0 Å². The second kappa shape index (κ2) is 6.60. The van der Waals surface area contributed by atoms with Crippen LogP contribution in [0.3, 0.4) is 0 Å². The highest BCUT2D eigenvalue weighted by Crippen LogP contribution is 2.22. The summed E-state index contributed by atoms with van der Waals surface area (Å²) in [6, 6.07) is 1.30. The molecule has 1 atom stereocenters. The van der Waals surface area contributed by atoms with Gasteiger partial charge in [0.25, 0.3) is 0 Å². The summed E-state index contributed by atoms with van der Waals surface area (Å²) in [7, 11) is 1.77. The van der Waals surface area contributed by atoms with Crippen molar-refractivity contribution in [2.24, 2.45) is 7.05 Å². The molecule has 0 aliphatic carbocycles. The van der Waals surface area contributed by atoms with Crippen LogP contribution >= 0.6 is 0 Å². The smallest absolute Gasteiger partial charge is 0.410 e. The lowest BCUT2D eigenvalue weighted by molar-refractivity contribution is -0.122. The number of nitrogens with one attached hydrogen (secondary N) is 1. The molecule has 0 bridgehead atoms. The van der Waals surface area contributed by atoms with Gasteiger partial charge in [0, 0.05) is 19.7 Å². The summed E-state index contributed by atoms with van der Waals surface area (Å²) < 4.78 is 7.04. The van der Waals surface area contributed by atoms with Gasteiger partial charge in [-0.15, -0.1) is 0 Å². The van der Waals surface area contributed by atoms with Crippen molar-refractivity contribution in [3.05, 3.63) is 11.8 Å². The predicted molar refractivity (Wildman–Crippen MR) is 87.2 cm³/mol. The number of aryl methyl sites for hydroxylation is 2. The number of hydrogen-bond donors (Lipinski definition) is 1. The van der Waals surface area contributed by atoms with E-state index in [2.05, 4.69) is 10.4 Å².